The number of carbonyl (C=O) groups excluding carboxylic acids is 1. The predicted molar refractivity (Wildman–Crippen MR) is 93.6 cm³/mol. The lowest BCUT2D eigenvalue weighted by Crippen LogP contribution is -2.34. The van der Waals surface area contributed by atoms with Crippen LogP contribution in [0.5, 0.6) is 0 Å². The number of aromatic amines is 1. The van der Waals surface area contributed by atoms with Crippen molar-refractivity contribution in [3.8, 4) is 0 Å². The van der Waals surface area contributed by atoms with Gasteiger partial charge in [0.1, 0.15) is 11.1 Å². The van der Waals surface area contributed by atoms with Gasteiger partial charge in [-0.3, -0.25) is 4.79 Å². The molecule has 1 aromatic heterocycles. The third kappa shape index (κ3) is 3.27. The quantitative estimate of drug-likeness (QED) is 0.908. The van der Waals surface area contributed by atoms with Crippen molar-refractivity contribution in [2.24, 2.45) is 4.99 Å². The van der Waals surface area contributed by atoms with Crippen LogP contribution in [0, 0.1) is 0 Å². The lowest BCUT2D eigenvalue weighted by molar-refractivity contribution is -0.117. The van der Waals surface area contributed by atoms with Crippen molar-refractivity contribution in [1.29, 1.82) is 0 Å². The molecule has 2 aliphatic rings. The van der Waals surface area contributed by atoms with Crippen molar-refractivity contribution in [2.45, 2.75) is 49.8 Å². The number of amidine groups is 1. The lowest BCUT2D eigenvalue weighted by atomic mass is 9.96. The van der Waals surface area contributed by atoms with Crippen molar-refractivity contribution in [2.75, 3.05) is 0 Å². The molecule has 23 heavy (non-hydrogen) atoms. The van der Waals surface area contributed by atoms with E-state index in [1.807, 2.05) is 24.3 Å². The molecule has 1 aliphatic carbocycles. The van der Waals surface area contributed by atoms with E-state index >= 15 is 0 Å². The molecule has 5 nitrogen and oxygen atoms in total. The molecule has 1 saturated carbocycles. The van der Waals surface area contributed by atoms with Gasteiger partial charge >= 0.3 is 0 Å². The van der Waals surface area contributed by atoms with Crippen LogP contribution in [0.4, 0.5) is 0 Å². The second-order valence-corrected chi connectivity index (χ2v) is 7.44. The average molecular weight is 328 g/mol. The van der Waals surface area contributed by atoms with Crippen LogP contribution < -0.4 is 5.32 Å². The van der Waals surface area contributed by atoms with E-state index in [0.29, 0.717) is 12.5 Å². The molecule has 0 spiro atoms. The molecule has 1 aromatic carbocycles. The Bertz CT molecular complexity index is 715. The third-order valence-corrected chi connectivity index (χ3v) is 5.58. The number of thioether (sulfide) groups is 1. The highest BCUT2D eigenvalue weighted by atomic mass is 32.2. The Kier molecular flexibility index (Phi) is 4.08. The SMILES string of the molecule is O=C1N=C(NC2CCCCC2)SC1Cc1nc2ccccc2[nH]1. The maximum absolute atomic E-state index is 12.2. The number of hydrogen-bond acceptors (Lipinski definition) is 4. The van der Waals surface area contributed by atoms with Gasteiger partial charge in [-0.15, -0.1) is 0 Å². The Morgan fingerprint density at radius 3 is 2.87 bits per heavy atom. The van der Waals surface area contributed by atoms with Crippen LogP contribution in [-0.4, -0.2) is 32.3 Å². The van der Waals surface area contributed by atoms with Crippen LogP contribution in [0.2, 0.25) is 0 Å². The van der Waals surface area contributed by atoms with E-state index in [-0.39, 0.29) is 11.2 Å². The molecule has 4 rings (SSSR count). The van der Waals surface area contributed by atoms with Gasteiger partial charge in [-0.25, -0.2) is 4.98 Å². The van der Waals surface area contributed by atoms with E-state index in [1.165, 1.54) is 32.1 Å². The van der Waals surface area contributed by atoms with Gasteiger partial charge in [0.15, 0.2) is 5.17 Å². The molecule has 1 atom stereocenters. The fourth-order valence-electron chi connectivity index (χ4n) is 3.28. The highest BCUT2D eigenvalue weighted by Crippen LogP contribution is 2.26. The lowest BCUT2D eigenvalue weighted by Gasteiger charge is -2.23. The van der Waals surface area contributed by atoms with Crippen LogP contribution in [-0.2, 0) is 11.2 Å². The minimum atomic E-state index is -0.165. The van der Waals surface area contributed by atoms with E-state index < -0.39 is 0 Å². The fraction of sp³-hybridized carbons (Fsp3) is 0.471. The zero-order chi connectivity index (χ0) is 15.6. The maximum Gasteiger partial charge on any atom is 0.262 e. The summed E-state index contributed by atoms with van der Waals surface area (Å²) in [7, 11) is 0. The topological polar surface area (TPSA) is 70.1 Å². The Balaban J connectivity index is 1.39. The maximum atomic E-state index is 12.2. The summed E-state index contributed by atoms with van der Waals surface area (Å²) >= 11 is 1.55. The minimum Gasteiger partial charge on any atom is -0.362 e. The van der Waals surface area contributed by atoms with Gasteiger partial charge < -0.3 is 10.3 Å². The molecule has 1 fully saturated rings. The zero-order valence-corrected chi connectivity index (χ0v) is 13.7. The highest BCUT2D eigenvalue weighted by molar-refractivity contribution is 8.15. The molecule has 1 unspecified atom stereocenters. The molecule has 0 radical (unpaired) electrons. The number of fused-ring (bicyclic) bond motifs is 1. The van der Waals surface area contributed by atoms with Crippen molar-refractivity contribution in [3.63, 3.8) is 0 Å². The monoisotopic (exact) mass is 328 g/mol. The van der Waals surface area contributed by atoms with E-state index in [9.17, 15) is 4.79 Å². The number of rotatable bonds is 3. The summed E-state index contributed by atoms with van der Waals surface area (Å²) in [6.07, 6.45) is 6.82. The normalized spacial score (nSPS) is 22.5. The van der Waals surface area contributed by atoms with E-state index in [0.717, 1.165) is 22.0 Å². The molecule has 120 valence electrons. The minimum absolute atomic E-state index is 0.0474. The molecule has 0 bridgehead atoms. The molecule has 2 N–H and O–H groups in total. The zero-order valence-electron chi connectivity index (χ0n) is 12.9. The number of imidazole rings is 1. The van der Waals surface area contributed by atoms with Crippen LogP contribution in [0.1, 0.15) is 37.9 Å². The van der Waals surface area contributed by atoms with Crippen LogP contribution >= 0.6 is 11.8 Å². The molecular weight excluding hydrogens is 308 g/mol. The van der Waals surface area contributed by atoms with Crippen molar-refractivity contribution in [1.82, 2.24) is 15.3 Å². The predicted octanol–water partition coefficient (Wildman–Crippen LogP) is 3.03. The summed E-state index contributed by atoms with van der Waals surface area (Å²) < 4.78 is 0. The second-order valence-electron chi connectivity index (χ2n) is 6.25. The number of hydrogen-bond donors (Lipinski definition) is 2. The summed E-state index contributed by atoms with van der Waals surface area (Å²) in [4.78, 5) is 24.2. The van der Waals surface area contributed by atoms with Gasteiger partial charge in [0.05, 0.1) is 11.0 Å². The van der Waals surface area contributed by atoms with E-state index in [4.69, 9.17) is 0 Å². The molecule has 2 heterocycles. The summed E-state index contributed by atoms with van der Waals surface area (Å²) in [6.45, 7) is 0. The molecule has 1 amide bonds. The summed E-state index contributed by atoms with van der Waals surface area (Å²) in [5, 5.41) is 4.08. The van der Waals surface area contributed by atoms with Gasteiger partial charge in [-0.2, -0.15) is 4.99 Å². The molecule has 2 aromatic rings. The number of nitrogens with one attached hydrogen (secondary N) is 2. The molecule has 1 aliphatic heterocycles. The largest absolute Gasteiger partial charge is 0.362 e. The number of para-hydroxylation sites is 2. The molecule has 0 saturated heterocycles. The number of benzene rings is 1. The Hall–Kier alpha value is -1.82. The number of nitrogens with zero attached hydrogens (tertiary/aromatic N) is 2. The van der Waals surface area contributed by atoms with Crippen molar-refractivity contribution in [3.05, 3.63) is 30.1 Å². The van der Waals surface area contributed by atoms with E-state index in [1.54, 1.807) is 11.8 Å². The first-order valence-corrected chi connectivity index (χ1v) is 9.15. The number of amides is 1. The number of carbonyl (C=O) groups is 1. The van der Waals surface area contributed by atoms with Gasteiger partial charge in [-0.1, -0.05) is 43.2 Å². The van der Waals surface area contributed by atoms with Gasteiger partial charge in [-0.05, 0) is 25.0 Å². The molecular formula is C17H20N4OS. The van der Waals surface area contributed by atoms with E-state index in [2.05, 4.69) is 20.3 Å². The Morgan fingerprint density at radius 1 is 1.22 bits per heavy atom. The van der Waals surface area contributed by atoms with Gasteiger partial charge in [0.2, 0.25) is 0 Å². The van der Waals surface area contributed by atoms with Gasteiger partial charge in [0.25, 0.3) is 5.91 Å². The summed E-state index contributed by atoms with van der Waals surface area (Å²) in [5.74, 6) is 0.805. The molecule has 6 heteroatoms. The first kappa shape index (κ1) is 14.8. The summed E-state index contributed by atoms with van der Waals surface area (Å²) in [5.41, 5.74) is 1.96. The third-order valence-electron chi connectivity index (χ3n) is 4.49. The Labute approximate surface area is 139 Å². The Morgan fingerprint density at radius 2 is 2.04 bits per heavy atom. The highest BCUT2D eigenvalue weighted by Gasteiger charge is 2.30. The van der Waals surface area contributed by atoms with Crippen molar-refractivity contribution >= 4 is 33.9 Å². The number of aromatic nitrogens is 2. The summed E-state index contributed by atoms with van der Waals surface area (Å²) in [6, 6.07) is 8.41. The number of aliphatic imine (C=N–C) groups is 1. The van der Waals surface area contributed by atoms with Crippen LogP contribution in [0.25, 0.3) is 11.0 Å². The second kappa shape index (κ2) is 6.35. The van der Waals surface area contributed by atoms with Crippen molar-refractivity contribution < 1.29 is 4.79 Å². The average Bonchev–Trinajstić information content (AvgIpc) is 3.11. The van der Waals surface area contributed by atoms with Crippen LogP contribution in [0.3, 0.4) is 0 Å². The number of H-pyrrole nitrogens is 1. The first-order chi connectivity index (χ1) is 11.3. The standard InChI is InChI=1S/C17H20N4OS/c22-16-14(10-15-19-12-8-4-5-9-13(12)20-15)23-17(21-16)18-11-6-2-1-3-7-11/h4-5,8-9,11,14H,1-3,6-7,10H2,(H,19,20)(H,18,21,22). The van der Waals surface area contributed by atoms with Crippen LogP contribution in [0.15, 0.2) is 29.3 Å². The smallest absolute Gasteiger partial charge is 0.262 e. The van der Waals surface area contributed by atoms with Gasteiger partial charge in [0, 0.05) is 12.5 Å². The fourth-order valence-corrected chi connectivity index (χ4v) is 4.32. The first-order valence-electron chi connectivity index (χ1n) is 8.27.